The predicted octanol–water partition coefficient (Wildman–Crippen LogP) is 2.04. The molecule has 106 valence electrons. The van der Waals surface area contributed by atoms with Crippen LogP contribution in [0.3, 0.4) is 0 Å². The molecule has 2 unspecified atom stereocenters. The van der Waals surface area contributed by atoms with Crippen LogP contribution in [0.4, 0.5) is 0 Å². The molecule has 2 atom stereocenters. The van der Waals surface area contributed by atoms with Crippen molar-refractivity contribution in [2.75, 3.05) is 14.2 Å². The fourth-order valence-electron chi connectivity index (χ4n) is 2.68. The molecule has 1 saturated carbocycles. The zero-order valence-electron chi connectivity index (χ0n) is 12.1. The first-order valence-electron chi connectivity index (χ1n) is 6.78. The zero-order chi connectivity index (χ0) is 14.0. The lowest BCUT2D eigenvalue weighted by Gasteiger charge is -2.22. The molecule has 0 amide bonds. The van der Waals surface area contributed by atoms with E-state index in [0.29, 0.717) is 12.3 Å². The lowest BCUT2D eigenvalue weighted by atomic mass is 10.0. The fourth-order valence-corrected chi connectivity index (χ4v) is 2.68. The molecule has 1 aromatic rings. The number of methoxy groups -OCH3 is 2. The Kier molecular flexibility index (Phi) is 4.42. The molecule has 0 aromatic carbocycles. The van der Waals surface area contributed by atoms with Crippen molar-refractivity contribution >= 4 is 0 Å². The van der Waals surface area contributed by atoms with E-state index in [1.165, 1.54) is 0 Å². The van der Waals surface area contributed by atoms with E-state index in [0.717, 1.165) is 35.4 Å². The Bertz CT molecular complexity index is 443. The van der Waals surface area contributed by atoms with Crippen LogP contribution in [-0.2, 0) is 11.2 Å². The maximum Gasteiger partial charge on any atom is 0.128 e. The molecule has 1 fully saturated rings. The summed E-state index contributed by atoms with van der Waals surface area (Å²) in [6.45, 7) is 3.96. The van der Waals surface area contributed by atoms with Gasteiger partial charge in [0, 0.05) is 36.5 Å². The summed E-state index contributed by atoms with van der Waals surface area (Å²) >= 11 is 0. The van der Waals surface area contributed by atoms with Crippen molar-refractivity contribution in [2.24, 2.45) is 5.92 Å². The number of hydrogen-bond acceptors (Lipinski definition) is 4. The van der Waals surface area contributed by atoms with Crippen LogP contribution in [0, 0.1) is 19.8 Å². The van der Waals surface area contributed by atoms with Crippen LogP contribution in [0.15, 0.2) is 6.20 Å². The number of ether oxygens (including phenoxy) is 2. The molecule has 0 spiro atoms. The van der Waals surface area contributed by atoms with Gasteiger partial charge in [0.05, 0.1) is 19.3 Å². The predicted molar refractivity (Wildman–Crippen MR) is 73.5 cm³/mol. The van der Waals surface area contributed by atoms with E-state index in [9.17, 15) is 5.11 Å². The second kappa shape index (κ2) is 5.88. The monoisotopic (exact) mass is 265 g/mol. The van der Waals surface area contributed by atoms with E-state index >= 15 is 0 Å². The van der Waals surface area contributed by atoms with E-state index in [-0.39, 0.29) is 6.10 Å². The second-order valence-corrected chi connectivity index (χ2v) is 5.36. The standard InChI is InChI=1S/C15H23NO3/c1-9-8-16-12(10(2)14(9)18-3)7-13(17)15(19-4)11-5-6-11/h8,11,13,15,17H,5-7H2,1-4H3. The van der Waals surface area contributed by atoms with E-state index in [2.05, 4.69) is 4.98 Å². The number of aliphatic hydroxyl groups excluding tert-OH is 1. The Labute approximate surface area is 114 Å². The summed E-state index contributed by atoms with van der Waals surface area (Å²) in [6.07, 6.45) is 4.03. The number of hydrogen-bond donors (Lipinski definition) is 1. The Balaban J connectivity index is 2.14. The zero-order valence-corrected chi connectivity index (χ0v) is 12.1. The molecular weight excluding hydrogens is 242 g/mol. The van der Waals surface area contributed by atoms with Crippen LogP contribution in [-0.4, -0.2) is 36.5 Å². The highest BCUT2D eigenvalue weighted by Crippen LogP contribution is 2.36. The quantitative estimate of drug-likeness (QED) is 0.855. The smallest absolute Gasteiger partial charge is 0.128 e. The van der Waals surface area contributed by atoms with Gasteiger partial charge in [-0.15, -0.1) is 0 Å². The molecule has 1 aliphatic rings. The second-order valence-electron chi connectivity index (χ2n) is 5.36. The largest absolute Gasteiger partial charge is 0.496 e. The molecule has 1 heterocycles. The van der Waals surface area contributed by atoms with Crippen LogP contribution in [0.25, 0.3) is 0 Å². The van der Waals surface area contributed by atoms with Crippen molar-refractivity contribution < 1.29 is 14.6 Å². The lowest BCUT2D eigenvalue weighted by molar-refractivity contribution is -0.0242. The van der Waals surface area contributed by atoms with Gasteiger partial charge in [-0.3, -0.25) is 4.98 Å². The highest BCUT2D eigenvalue weighted by molar-refractivity contribution is 5.41. The van der Waals surface area contributed by atoms with Crippen LogP contribution >= 0.6 is 0 Å². The summed E-state index contributed by atoms with van der Waals surface area (Å²) in [6, 6.07) is 0. The lowest BCUT2D eigenvalue weighted by Crippen LogP contribution is -2.32. The van der Waals surface area contributed by atoms with E-state index in [1.807, 2.05) is 13.8 Å². The Morgan fingerprint density at radius 2 is 2.05 bits per heavy atom. The van der Waals surface area contributed by atoms with Gasteiger partial charge in [-0.05, 0) is 32.6 Å². The molecule has 4 nitrogen and oxygen atoms in total. The van der Waals surface area contributed by atoms with Gasteiger partial charge in [-0.25, -0.2) is 0 Å². The molecule has 0 saturated heterocycles. The number of pyridine rings is 1. The van der Waals surface area contributed by atoms with Crippen LogP contribution in [0.5, 0.6) is 5.75 Å². The topological polar surface area (TPSA) is 51.6 Å². The average molecular weight is 265 g/mol. The van der Waals surface area contributed by atoms with Crippen molar-refractivity contribution in [3.63, 3.8) is 0 Å². The van der Waals surface area contributed by atoms with Gasteiger partial charge in [-0.1, -0.05) is 0 Å². The summed E-state index contributed by atoms with van der Waals surface area (Å²) < 4.78 is 10.8. The minimum Gasteiger partial charge on any atom is -0.496 e. The van der Waals surface area contributed by atoms with Crippen molar-refractivity contribution in [1.29, 1.82) is 0 Å². The van der Waals surface area contributed by atoms with E-state index in [4.69, 9.17) is 9.47 Å². The van der Waals surface area contributed by atoms with E-state index < -0.39 is 6.10 Å². The van der Waals surface area contributed by atoms with Crippen LogP contribution in [0.1, 0.15) is 29.7 Å². The minimum atomic E-state index is -0.504. The molecule has 0 radical (unpaired) electrons. The average Bonchev–Trinajstić information content (AvgIpc) is 3.19. The third-order valence-corrected chi connectivity index (χ3v) is 3.89. The first kappa shape index (κ1) is 14.3. The Morgan fingerprint density at radius 3 is 2.58 bits per heavy atom. The highest BCUT2D eigenvalue weighted by atomic mass is 16.5. The Morgan fingerprint density at radius 1 is 1.37 bits per heavy atom. The number of nitrogens with zero attached hydrogens (tertiary/aromatic N) is 1. The van der Waals surface area contributed by atoms with Crippen molar-refractivity contribution in [3.05, 3.63) is 23.0 Å². The molecule has 0 aliphatic heterocycles. The van der Waals surface area contributed by atoms with Gasteiger partial charge in [0.25, 0.3) is 0 Å². The highest BCUT2D eigenvalue weighted by Gasteiger charge is 2.36. The number of aliphatic hydroxyl groups is 1. The molecule has 0 bridgehead atoms. The molecule has 1 aromatic heterocycles. The van der Waals surface area contributed by atoms with Crippen molar-refractivity contribution in [2.45, 2.75) is 45.3 Å². The minimum absolute atomic E-state index is 0.0755. The first-order valence-corrected chi connectivity index (χ1v) is 6.78. The van der Waals surface area contributed by atoms with Crippen LogP contribution < -0.4 is 4.74 Å². The van der Waals surface area contributed by atoms with Crippen molar-refractivity contribution in [3.8, 4) is 5.75 Å². The summed E-state index contributed by atoms with van der Waals surface area (Å²) in [7, 11) is 3.33. The van der Waals surface area contributed by atoms with Crippen LogP contribution in [0.2, 0.25) is 0 Å². The number of aryl methyl sites for hydroxylation is 1. The molecule has 2 rings (SSSR count). The third-order valence-electron chi connectivity index (χ3n) is 3.89. The van der Waals surface area contributed by atoms with E-state index in [1.54, 1.807) is 20.4 Å². The van der Waals surface area contributed by atoms with Gasteiger partial charge < -0.3 is 14.6 Å². The van der Waals surface area contributed by atoms with Gasteiger partial charge in [0.15, 0.2) is 0 Å². The number of rotatable bonds is 6. The summed E-state index contributed by atoms with van der Waals surface area (Å²) in [5.74, 6) is 1.37. The molecule has 19 heavy (non-hydrogen) atoms. The fraction of sp³-hybridized carbons (Fsp3) is 0.667. The molecular formula is C15H23NO3. The number of aromatic nitrogens is 1. The normalized spacial score (nSPS) is 18.2. The van der Waals surface area contributed by atoms with Gasteiger partial charge in [-0.2, -0.15) is 0 Å². The summed E-state index contributed by atoms with van der Waals surface area (Å²) in [5, 5.41) is 10.3. The maximum atomic E-state index is 10.3. The molecule has 4 heteroatoms. The van der Waals surface area contributed by atoms with Gasteiger partial charge >= 0.3 is 0 Å². The molecule has 1 aliphatic carbocycles. The summed E-state index contributed by atoms with van der Waals surface area (Å²) in [4.78, 5) is 4.43. The van der Waals surface area contributed by atoms with Gasteiger partial charge in [0.1, 0.15) is 5.75 Å². The maximum absolute atomic E-state index is 10.3. The third kappa shape index (κ3) is 3.07. The molecule has 1 N–H and O–H groups in total. The SMILES string of the molecule is COc1c(C)cnc(CC(O)C(OC)C2CC2)c1C. The Hall–Kier alpha value is -1.13. The van der Waals surface area contributed by atoms with Crippen molar-refractivity contribution in [1.82, 2.24) is 4.98 Å². The first-order chi connectivity index (χ1) is 9.08. The van der Waals surface area contributed by atoms with Gasteiger partial charge in [0.2, 0.25) is 0 Å². The summed E-state index contributed by atoms with van der Waals surface area (Å²) in [5.41, 5.74) is 2.91.